The van der Waals surface area contributed by atoms with Crippen LogP contribution in [0, 0.1) is 5.92 Å². The molecule has 0 nitrogen and oxygen atoms in total. The van der Waals surface area contributed by atoms with Gasteiger partial charge in [0.25, 0.3) is 0 Å². The minimum absolute atomic E-state index is 0.886. The fraction of sp³-hybridized carbons (Fsp3) is 0.636. The van der Waals surface area contributed by atoms with E-state index in [0.29, 0.717) is 0 Å². The van der Waals surface area contributed by atoms with Crippen molar-refractivity contribution in [2.45, 2.75) is 39.0 Å². The smallest absolute Gasteiger partial charge is 0.0230 e. The molecular formula is C11H18. The van der Waals surface area contributed by atoms with Gasteiger partial charge in [-0.25, -0.2) is 0 Å². The van der Waals surface area contributed by atoms with E-state index >= 15 is 0 Å². The first-order valence-corrected chi connectivity index (χ1v) is 4.77. The maximum absolute atomic E-state index is 2.36. The molecule has 1 aliphatic carbocycles. The van der Waals surface area contributed by atoms with Crippen molar-refractivity contribution in [3.8, 4) is 0 Å². The molecule has 1 rings (SSSR count). The SMILES string of the molecule is CCC=CC=CC1CCCC1. The second-order valence-corrected chi connectivity index (χ2v) is 3.27. The Bertz CT molecular complexity index is 136. The average molecular weight is 150 g/mol. The standard InChI is InChI=1S/C11H18/c1-2-3-4-5-8-11-9-6-7-10-11/h3-5,8,11H,2,6-7,9-10H2,1H3. The van der Waals surface area contributed by atoms with Gasteiger partial charge in [-0.05, 0) is 25.2 Å². The highest BCUT2D eigenvalue weighted by molar-refractivity contribution is 5.04. The van der Waals surface area contributed by atoms with Gasteiger partial charge in [0.15, 0.2) is 0 Å². The van der Waals surface area contributed by atoms with Crippen molar-refractivity contribution in [2.24, 2.45) is 5.92 Å². The Hall–Kier alpha value is -0.520. The van der Waals surface area contributed by atoms with Gasteiger partial charge in [-0.2, -0.15) is 0 Å². The second kappa shape index (κ2) is 5.17. The monoisotopic (exact) mass is 150 g/mol. The van der Waals surface area contributed by atoms with Gasteiger partial charge in [0.2, 0.25) is 0 Å². The molecule has 0 N–H and O–H groups in total. The molecule has 0 spiro atoms. The molecule has 0 heteroatoms. The van der Waals surface area contributed by atoms with Crippen LogP contribution in [0.15, 0.2) is 24.3 Å². The first kappa shape index (κ1) is 8.58. The highest BCUT2D eigenvalue weighted by Gasteiger charge is 2.10. The quantitative estimate of drug-likeness (QED) is 0.538. The summed E-state index contributed by atoms with van der Waals surface area (Å²) < 4.78 is 0. The van der Waals surface area contributed by atoms with Crippen molar-refractivity contribution >= 4 is 0 Å². The molecule has 0 radical (unpaired) electrons. The van der Waals surface area contributed by atoms with E-state index in [-0.39, 0.29) is 0 Å². The van der Waals surface area contributed by atoms with E-state index in [1.807, 2.05) is 0 Å². The third-order valence-corrected chi connectivity index (χ3v) is 2.27. The fourth-order valence-electron chi connectivity index (χ4n) is 1.59. The summed E-state index contributed by atoms with van der Waals surface area (Å²) in [5.41, 5.74) is 0. The van der Waals surface area contributed by atoms with Crippen LogP contribution in [-0.4, -0.2) is 0 Å². The van der Waals surface area contributed by atoms with Gasteiger partial charge >= 0.3 is 0 Å². The maximum atomic E-state index is 2.36. The van der Waals surface area contributed by atoms with Crippen LogP contribution in [-0.2, 0) is 0 Å². The molecule has 0 aromatic rings. The van der Waals surface area contributed by atoms with Crippen molar-refractivity contribution in [1.82, 2.24) is 0 Å². The molecule has 0 aromatic carbocycles. The van der Waals surface area contributed by atoms with Gasteiger partial charge < -0.3 is 0 Å². The molecule has 1 aliphatic rings. The number of hydrogen-bond donors (Lipinski definition) is 0. The number of rotatable bonds is 3. The van der Waals surface area contributed by atoms with Crippen molar-refractivity contribution in [2.75, 3.05) is 0 Å². The molecule has 0 atom stereocenters. The van der Waals surface area contributed by atoms with E-state index in [0.717, 1.165) is 12.3 Å². The summed E-state index contributed by atoms with van der Waals surface area (Å²) >= 11 is 0. The molecular weight excluding hydrogens is 132 g/mol. The summed E-state index contributed by atoms with van der Waals surface area (Å²) in [5, 5.41) is 0. The molecule has 0 aromatic heterocycles. The molecule has 0 amide bonds. The lowest BCUT2D eigenvalue weighted by atomic mass is 10.1. The van der Waals surface area contributed by atoms with E-state index in [4.69, 9.17) is 0 Å². The van der Waals surface area contributed by atoms with Crippen LogP contribution in [0.4, 0.5) is 0 Å². The molecule has 0 heterocycles. The lowest BCUT2D eigenvalue weighted by Gasteiger charge is -1.97. The Balaban J connectivity index is 2.17. The summed E-state index contributed by atoms with van der Waals surface area (Å²) in [4.78, 5) is 0. The van der Waals surface area contributed by atoms with Gasteiger partial charge in [-0.15, -0.1) is 0 Å². The second-order valence-electron chi connectivity index (χ2n) is 3.27. The first-order chi connectivity index (χ1) is 5.43. The summed E-state index contributed by atoms with van der Waals surface area (Å²) in [5.74, 6) is 0.886. The predicted octanol–water partition coefficient (Wildman–Crippen LogP) is 3.70. The average Bonchev–Trinajstić information content (AvgIpc) is 2.50. The zero-order chi connectivity index (χ0) is 7.94. The van der Waals surface area contributed by atoms with Crippen LogP contribution in [0.3, 0.4) is 0 Å². The molecule has 62 valence electrons. The number of hydrogen-bond acceptors (Lipinski definition) is 0. The van der Waals surface area contributed by atoms with Gasteiger partial charge in [-0.1, -0.05) is 44.1 Å². The zero-order valence-electron chi connectivity index (χ0n) is 7.42. The van der Waals surface area contributed by atoms with Crippen LogP contribution >= 0.6 is 0 Å². The normalized spacial score (nSPS) is 20.8. The Morgan fingerprint density at radius 3 is 2.55 bits per heavy atom. The van der Waals surface area contributed by atoms with E-state index in [1.165, 1.54) is 25.7 Å². The largest absolute Gasteiger partial charge is 0.0848 e. The first-order valence-electron chi connectivity index (χ1n) is 4.77. The van der Waals surface area contributed by atoms with Gasteiger partial charge in [0, 0.05) is 0 Å². The zero-order valence-corrected chi connectivity index (χ0v) is 7.42. The van der Waals surface area contributed by atoms with Crippen molar-refractivity contribution in [1.29, 1.82) is 0 Å². The summed E-state index contributed by atoms with van der Waals surface area (Å²) in [6.07, 6.45) is 15.8. The van der Waals surface area contributed by atoms with Crippen LogP contribution < -0.4 is 0 Å². The third kappa shape index (κ3) is 3.41. The number of allylic oxidation sites excluding steroid dienone is 4. The van der Waals surface area contributed by atoms with Crippen LogP contribution in [0.25, 0.3) is 0 Å². The van der Waals surface area contributed by atoms with E-state index < -0.39 is 0 Å². The minimum atomic E-state index is 0.886. The molecule has 0 saturated heterocycles. The lowest BCUT2D eigenvalue weighted by Crippen LogP contribution is -1.83. The highest BCUT2D eigenvalue weighted by Crippen LogP contribution is 2.25. The Labute approximate surface area is 70.0 Å². The van der Waals surface area contributed by atoms with Crippen LogP contribution in [0.1, 0.15) is 39.0 Å². The van der Waals surface area contributed by atoms with Crippen molar-refractivity contribution < 1.29 is 0 Å². The van der Waals surface area contributed by atoms with Crippen molar-refractivity contribution in [3.05, 3.63) is 24.3 Å². The fourth-order valence-corrected chi connectivity index (χ4v) is 1.59. The van der Waals surface area contributed by atoms with Gasteiger partial charge in [0.1, 0.15) is 0 Å². The molecule has 0 unspecified atom stereocenters. The van der Waals surface area contributed by atoms with Crippen molar-refractivity contribution in [3.63, 3.8) is 0 Å². The van der Waals surface area contributed by atoms with Gasteiger partial charge in [-0.3, -0.25) is 0 Å². The Morgan fingerprint density at radius 2 is 1.91 bits per heavy atom. The molecule has 11 heavy (non-hydrogen) atoms. The topological polar surface area (TPSA) is 0 Å². The van der Waals surface area contributed by atoms with Crippen LogP contribution in [0.2, 0.25) is 0 Å². The van der Waals surface area contributed by atoms with E-state index in [1.54, 1.807) is 0 Å². The molecule has 1 saturated carbocycles. The summed E-state index contributed by atoms with van der Waals surface area (Å²) in [7, 11) is 0. The minimum Gasteiger partial charge on any atom is -0.0848 e. The summed E-state index contributed by atoms with van der Waals surface area (Å²) in [6.45, 7) is 2.17. The van der Waals surface area contributed by atoms with E-state index in [2.05, 4.69) is 31.2 Å². The highest BCUT2D eigenvalue weighted by atomic mass is 14.2. The lowest BCUT2D eigenvalue weighted by molar-refractivity contribution is 0.686. The van der Waals surface area contributed by atoms with Gasteiger partial charge in [0.05, 0.1) is 0 Å². The molecule has 0 aliphatic heterocycles. The maximum Gasteiger partial charge on any atom is -0.0230 e. The predicted molar refractivity (Wildman–Crippen MR) is 50.5 cm³/mol. The Morgan fingerprint density at radius 1 is 1.18 bits per heavy atom. The van der Waals surface area contributed by atoms with E-state index in [9.17, 15) is 0 Å². The Kier molecular flexibility index (Phi) is 4.03. The molecule has 1 fully saturated rings. The molecule has 0 bridgehead atoms. The van der Waals surface area contributed by atoms with Crippen LogP contribution in [0.5, 0.6) is 0 Å². The third-order valence-electron chi connectivity index (χ3n) is 2.27. The summed E-state index contributed by atoms with van der Waals surface area (Å²) in [6, 6.07) is 0.